The van der Waals surface area contributed by atoms with E-state index in [-0.39, 0.29) is 5.41 Å². The molecule has 3 heteroatoms. The van der Waals surface area contributed by atoms with Crippen LogP contribution < -0.4 is 0 Å². The van der Waals surface area contributed by atoms with E-state index in [0.29, 0.717) is 17.5 Å². The van der Waals surface area contributed by atoms with Gasteiger partial charge in [-0.25, -0.2) is 15.0 Å². The molecule has 1 aliphatic carbocycles. The highest BCUT2D eigenvalue weighted by Crippen LogP contribution is 2.49. The van der Waals surface area contributed by atoms with E-state index in [2.05, 4.69) is 92.7 Å². The first-order valence-electron chi connectivity index (χ1n) is 14.7. The fourth-order valence-electron chi connectivity index (χ4n) is 6.48. The second kappa shape index (κ2) is 9.85. The van der Waals surface area contributed by atoms with Gasteiger partial charge in [-0.15, -0.1) is 0 Å². The molecule has 6 aromatic carbocycles. The van der Waals surface area contributed by atoms with E-state index in [4.69, 9.17) is 15.0 Å². The quantitative estimate of drug-likeness (QED) is 0.218. The maximum Gasteiger partial charge on any atom is 0.164 e. The van der Waals surface area contributed by atoms with Crippen molar-refractivity contribution in [2.75, 3.05) is 0 Å². The molecule has 0 bridgehead atoms. The van der Waals surface area contributed by atoms with Crippen LogP contribution in [0.1, 0.15) is 25.0 Å². The van der Waals surface area contributed by atoms with Crippen molar-refractivity contribution >= 4 is 10.8 Å². The molecule has 8 rings (SSSR count). The van der Waals surface area contributed by atoms with E-state index < -0.39 is 0 Å². The summed E-state index contributed by atoms with van der Waals surface area (Å²) >= 11 is 0. The number of fused-ring (bicyclic) bond motifs is 2. The van der Waals surface area contributed by atoms with E-state index in [9.17, 15) is 0 Å². The van der Waals surface area contributed by atoms with Gasteiger partial charge in [0.15, 0.2) is 17.5 Å². The van der Waals surface area contributed by atoms with Crippen LogP contribution in [0.4, 0.5) is 0 Å². The Morgan fingerprint density at radius 3 is 1.60 bits per heavy atom. The highest BCUT2D eigenvalue weighted by Gasteiger charge is 2.33. The summed E-state index contributed by atoms with van der Waals surface area (Å²) in [6.07, 6.45) is 0. The van der Waals surface area contributed by atoms with Crippen molar-refractivity contribution < 1.29 is 0 Å². The molecule has 3 nitrogen and oxygen atoms in total. The highest BCUT2D eigenvalue weighted by molar-refractivity contribution is 6.03. The average molecular weight is 552 g/mol. The zero-order chi connectivity index (χ0) is 29.0. The van der Waals surface area contributed by atoms with Crippen LogP contribution in [-0.4, -0.2) is 15.0 Å². The summed E-state index contributed by atoms with van der Waals surface area (Å²) in [7, 11) is 0. The third kappa shape index (κ3) is 4.24. The second-order valence-corrected chi connectivity index (χ2v) is 11.7. The normalized spacial score (nSPS) is 13.1. The molecule has 0 amide bonds. The molecule has 0 unspecified atom stereocenters. The summed E-state index contributed by atoms with van der Waals surface area (Å²) in [5.74, 6) is 1.99. The molecule has 1 heterocycles. The lowest BCUT2D eigenvalue weighted by Gasteiger charge is -2.35. The Balaban J connectivity index is 1.26. The molecule has 1 aromatic heterocycles. The van der Waals surface area contributed by atoms with Crippen LogP contribution >= 0.6 is 0 Å². The molecular formula is C40H29N3. The van der Waals surface area contributed by atoms with Crippen molar-refractivity contribution in [2.45, 2.75) is 19.3 Å². The van der Waals surface area contributed by atoms with Crippen LogP contribution in [0.3, 0.4) is 0 Å². The van der Waals surface area contributed by atoms with E-state index in [1.54, 1.807) is 0 Å². The number of rotatable bonds is 4. The lowest BCUT2D eigenvalue weighted by atomic mass is 9.68. The molecule has 0 radical (unpaired) electrons. The lowest BCUT2D eigenvalue weighted by Crippen LogP contribution is -2.23. The van der Waals surface area contributed by atoms with Crippen molar-refractivity contribution in [1.82, 2.24) is 15.0 Å². The van der Waals surface area contributed by atoms with Crippen LogP contribution in [0.15, 0.2) is 140 Å². The average Bonchev–Trinajstić information content (AvgIpc) is 3.07. The van der Waals surface area contributed by atoms with Gasteiger partial charge in [-0.1, -0.05) is 141 Å². The molecule has 0 saturated carbocycles. The standard InChI is InChI=1S/C40H29N3/c1-40(2)34-21-11-17-26-16-10-20-33(36(26)34)32-23-22-30(25-35(32)40)29-18-9-19-31(24-29)39-42-37(27-12-5-3-6-13-27)41-38(43-39)28-14-7-4-8-15-28/h3-25H,1-2H3. The lowest BCUT2D eigenvalue weighted by molar-refractivity contribution is 0.645. The van der Waals surface area contributed by atoms with E-state index >= 15 is 0 Å². The van der Waals surface area contributed by atoms with E-state index in [1.807, 2.05) is 60.7 Å². The van der Waals surface area contributed by atoms with Crippen molar-refractivity contribution in [3.63, 3.8) is 0 Å². The Kier molecular flexibility index (Phi) is 5.80. The molecule has 0 spiro atoms. The summed E-state index contributed by atoms with van der Waals surface area (Å²) < 4.78 is 0. The molecule has 0 saturated heterocycles. The van der Waals surface area contributed by atoms with Gasteiger partial charge in [0.1, 0.15) is 0 Å². The molecule has 1 aliphatic rings. The zero-order valence-electron chi connectivity index (χ0n) is 24.1. The summed E-state index contributed by atoms with van der Waals surface area (Å²) in [5, 5.41) is 2.67. The highest BCUT2D eigenvalue weighted by atomic mass is 15.0. The predicted molar refractivity (Wildman–Crippen MR) is 177 cm³/mol. The minimum absolute atomic E-state index is 0.125. The fourth-order valence-corrected chi connectivity index (χ4v) is 6.48. The van der Waals surface area contributed by atoms with E-state index in [0.717, 1.165) is 22.3 Å². The topological polar surface area (TPSA) is 38.7 Å². The molecule has 0 N–H and O–H groups in total. The predicted octanol–water partition coefficient (Wildman–Crippen LogP) is 10.00. The first-order valence-corrected chi connectivity index (χ1v) is 14.7. The van der Waals surface area contributed by atoms with Gasteiger partial charge in [-0.2, -0.15) is 0 Å². The Morgan fingerprint density at radius 1 is 0.395 bits per heavy atom. The summed E-state index contributed by atoms with van der Waals surface area (Å²) in [6, 6.07) is 49.0. The molecule has 7 aromatic rings. The molecule has 0 aliphatic heterocycles. The van der Waals surface area contributed by atoms with Gasteiger partial charge in [0, 0.05) is 22.1 Å². The van der Waals surface area contributed by atoms with E-state index in [1.165, 1.54) is 38.6 Å². The number of nitrogens with zero attached hydrogens (tertiary/aromatic N) is 3. The van der Waals surface area contributed by atoms with Gasteiger partial charge in [0.2, 0.25) is 0 Å². The zero-order valence-corrected chi connectivity index (χ0v) is 24.1. The summed E-state index contributed by atoms with van der Waals surface area (Å²) in [4.78, 5) is 14.8. The van der Waals surface area contributed by atoms with Crippen molar-refractivity contribution in [3.8, 4) is 56.4 Å². The number of aromatic nitrogens is 3. The van der Waals surface area contributed by atoms with Crippen LogP contribution in [0.5, 0.6) is 0 Å². The Morgan fingerprint density at radius 2 is 0.930 bits per heavy atom. The van der Waals surface area contributed by atoms with Gasteiger partial charge in [-0.3, -0.25) is 0 Å². The number of hydrogen-bond donors (Lipinski definition) is 0. The minimum atomic E-state index is -0.125. The Bertz CT molecular complexity index is 2080. The van der Waals surface area contributed by atoms with Crippen LogP contribution in [0, 0.1) is 0 Å². The van der Waals surface area contributed by atoms with Gasteiger partial charge < -0.3 is 0 Å². The van der Waals surface area contributed by atoms with Gasteiger partial charge in [0.25, 0.3) is 0 Å². The Hall–Kier alpha value is -5.41. The third-order valence-electron chi connectivity index (χ3n) is 8.71. The maximum absolute atomic E-state index is 4.95. The summed E-state index contributed by atoms with van der Waals surface area (Å²) in [6.45, 7) is 4.69. The van der Waals surface area contributed by atoms with Crippen LogP contribution in [-0.2, 0) is 5.41 Å². The second-order valence-electron chi connectivity index (χ2n) is 11.7. The molecular weight excluding hydrogens is 522 g/mol. The SMILES string of the molecule is CC1(C)c2cc(-c3cccc(-c4nc(-c5ccccc5)nc(-c5ccccc5)n4)c3)ccc2-c2cccc3cccc1c23. The van der Waals surface area contributed by atoms with Crippen molar-refractivity contribution in [1.29, 1.82) is 0 Å². The first kappa shape index (κ1) is 25.3. The smallest absolute Gasteiger partial charge is 0.164 e. The third-order valence-corrected chi connectivity index (χ3v) is 8.71. The van der Waals surface area contributed by atoms with Gasteiger partial charge >= 0.3 is 0 Å². The molecule has 204 valence electrons. The molecule has 0 fully saturated rings. The summed E-state index contributed by atoms with van der Waals surface area (Å²) in [5.41, 5.74) is 10.4. The molecule has 43 heavy (non-hydrogen) atoms. The van der Waals surface area contributed by atoms with Crippen molar-refractivity contribution in [3.05, 3.63) is 151 Å². The first-order chi connectivity index (χ1) is 21.1. The van der Waals surface area contributed by atoms with Crippen molar-refractivity contribution in [2.24, 2.45) is 0 Å². The Labute approximate surface area is 251 Å². The van der Waals surface area contributed by atoms with Gasteiger partial charge in [0.05, 0.1) is 0 Å². The monoisotopic (exact) mass is 551 g/mol. The van der Waals surface area contributed by atoms with Crippen LogP contribution in [0.2, 0.25) is 0 Å². The molecule has 0 atom stereocenters. The minimum Gasteiger partial charge on any atom is -0.208 e. The van der Waals surface area contributed by atoms with Gasteiger partial charge in [-0.05, 0) is 56.3 Å². The fraction of sp³-hybridized carbons (Fsp3) is 0.0750. The van der Waals surface area contributed by atoms with Crippen LogP contribution in [0.25, 0.3) is 67.2 Å². The number of hydrogen-bond acceptors (Lipinski definition) is 3. The number of benzene rings is 6. The maximum atomic E-state index is 4.95. The largest absolute Gasteiger partial charge is 0.208 e.